The minimum absolute atomic E-state index is 0.345. The second-order valence-electron chi connectivity index (χ2n) is 5.88. The molecule has 0 fully saturated rings. The number of aryl methyl sites for hydroxylation is 2. The Morgan fingerprint density at radius 3 is 2.56 bits per heavy atom. The highest BCUT2D eigenvalue weighted by molar-refractivity contribution is 6.02. The number of pyridine rings is 1. The van der Waals surface area contributed by atoms with Crippen molar-refractivity contribution in [1.82, 2.24) is 4.98 Å². The number of hydrogen-bond acceptors (Lipinski definition) is 4. The van der Waals surface area contributed by atoms with Crippen molar-refractivity contribution in [2.24, 2.45) is 0 Å². The van der Waals surface area contributed by atoms with Gasteiger partial charge in [0, 0.05) is 11.6 Å². The summed E-state index contributed by atoms with van der Waals surface area (Å²) in [4.78, 5) is 28.5. The van der Waals surface area contributed by atoms with Crippen molar-refractivity contribution in [2.45, 2.75) is 13.8 Å². The summed E-state index contributed by atoms with van der Waals surface area (Å²) in [5.74, 6) is -0.907. The molecule has 0 atom stereocenters. The summed E-state index contributed by atoms with van der Waals surface area (Å²) in [6.07, 6.45) is 1.69. The number of esters is 1. The maximum atomic E-state index is 12.1. The molecule has 0 aliphatic carbocycles. The van der Waals surface area contributed by atoms with Crippen LogP contribution in [0.25, 0.3) is 10.9 Å². The van der Waals surface area contributed by atoms with Gasteiger partial charge in [0.1, 0.15) is 0 Å². The van der Waals surface area contributed by atoms with E-state index in [1.807, 2.05) is 38.1 Å². The highest BCUT2D eigenvalue weighted by Crippen LogP contribution is 2.21. The van der Waals surface area contributed by atoms with Gasteiger partial charge in [-0.05, 0) is 50.2 Å². The van der Waals surface area contributed by atoms with Crippen LogP contribution in [0.1, 0.15) is 21.5 Å². The molecule has 2 aromatic carbocycles. The average Bonchev–Trinajstić information content (AvgIpc) is 2.59. The van der Waals surface area contributed by atoms with E-state index < -0.39 is 11.9 Å². The lowest BCUT2D eigenvalue weighted by atomic mass is 10.1. The molecule has 0 aliphatic heterocycles. The Hall–Kier alpha value is -3.21. The van der Waals surface area contributed by atoms with Crippen molar-refractivity contribution >= 4 is 28.5 Å². The van der Waals surface area contributed by atoms with Crippen molar-refractivity contribution < 1.29 is 14.3 Å². The second kappa shape index (κ2) is 7.13. The van der Waals surface area contributed by atoms with Gasteiger partial charge in [-0.2, -0.15) is 0 Å². The van der Waals surface area contributed by atoms with E-state index in [-0.39, 0.29) is 6.61 Å². The number of ether oxygens (including phenoxy) is 1. The molecule has 5 nitrogen and oxygen atoms in total. The van der Waals surface area contributed by atoms with Crippen molar-refractivity contribution in [3.8, 4) is 0 Å². The van der Waals surface area contributed by atoms with Crippen LogP contribution >= 0.6 is 0 Å². The first-order valence-corrected chi connectivity index (χ1v) is 7.92. The molecule has 0 aliphatic rings. The van der Waals surface area contributed by atoms with E-state index in [4.69, 9.17) is 4.74 Å². The number of hydrogen-bond donors (Lipinski definition) is 1. The van der Waals surface area contributed by atoms with E-state index in [0.29, 0.717) is 11.3 Å². The zero-order valence-corrected chi connectivity index (χ0v) is 14.1. The van der Waals surface area contributed by atoms with Crippen molar-refractivity contribution in [1.29, 1.82) is 0 Å². The number of fused-ring (bicyclic) bond motifs is 1. The van der Waals surface area contributed by atoms with Crippen LogP contribution in [-0.2, 0) is 9.53 Å². The zero-order valence-electron chi connectivity index (χ0n) is 14.1. The molecule has 0 unspecified atom stereocenters. The monoisotopic (exact) mass is 334 g/mol. The van der Waals surface area contributed by atoms with Crippen molar-refractivity contribution in [3.05, 3.63) is 71.4 Å². The lowest BCUT2D eigenvalue weighted by Crippen LogP contribution is -2.21. The molecule has 1 amide bonds. The van der Waals surface area contributed by atoms with Gasteiger partial charge in [-0.3, -0.25) is 9.78 Å². The fourth-order valence-electron chi connectivity index (χ4n) is 2.71. The van der Waals surface area contributed by atoms with Crippen LogP contribution in [0.4, 0.5) is 5.69 Å². The lowest BCUT2D eigenvalue weighted by Gasteiger charge is -2.09. The van der Waals surface area contributed by atoms with E-state index in [2.05, 4.69) is 10.3 Å². The molecule has 5 heteroatoms. The van der Waals surface area contributed by atoms with E-state index in [1.54, 1.807) is 30.5 Å². The SMILES string of the molecule is Cc1cc(C)cc(C(=O)OCC(=O)Nc2cccc3ncccc23)c1. The third kappa shape index (κ3) is 4.01. The number of nitrogens with zero attached hydrogens (tertiary/aromatic N) is 1. The normalized spacial score (nSPS) is 10.5. The van der Waals surface area contributed by atoms with E-state index >= 15 is 0 Å². The number of carbonyl (C=O) groups excluding carboxylic acids is 2. The van der Waals surface area contributed by atoms with Gasteiger partial charge in [-0.15, -0.1) is 0 Å². The fourth-order valence-corrected chi connectivity index (χ4v) is 2.71. The Morgan fingerprint density at radius 2 is 1.80 bits per heavy atom. The number of anilines is 1. The number of carbonyl (C=O) groups is 2. The minimum atomic E-state index is -0.512. The molecule has 1 N–H and O–H groups in total. The van der Waals surface area contributed by atoms with Crippen LogP contribution < -0.4 is 5.32 Å². The quantitative estimate of drug-likeness (QED) is 0.740. The highest BCUT2D eigenvalue weighted by atomic mass is 16.5. The van der Waals surface area contributed by atoms with E-state index in [0.717, 1.165) is 22.0 Å². The molecule has 0 spiro atoms. The average molecular weight is 334 g/mol. The van der Waals surface area contributed by atoms with Crippen LogP contribution in [0.3, 0.4) is 0 Å². The van der Waals surface area contributed by atoms with Gasteiger partial charge >= 0.3 is 5.97 Å². The molecule has 0 saturated carbocycles. The number of benzene rings is 2. The van der Waals surface area contributed by atoms with Crippen LogP contribution in [0.2, 0.25) is 0 Å². The van der Waals surface area contributed by atoms with E-state index in [9.17, 15) is 9.59 Å². The summed E-state index contributed by atoms with van der Waals surface area (Å²) in [6, 6.07) is 14.6. The maximum Gasteiger partial charge on any atom is 0.338 e. The predicted molar refractivity (Wildman–Crippen MR) is 96.6 cm³/mol. The minimum Gasteiger partial charge on any atom is -0.452 e. The first-order valence-electron chi connectivity index (χ1n) is 7.92. The van der Waals surface area contributed by atoms with Gasteiger partial charge in [-0.25, -0.2) is 4.79 Å². The molecule has 0 radical (unpaired) electrons. The Morgan fingerprint density at radius 1 is 1.04 bits per heavy atom. The van der Waals surface area contributed by atoms with Gasteiger partial charge in [-0.1, -0.05) is 23.3 Å². The van der Waals surface area contributed by atoms with Gasteiger partial charge in [0.05, 0.1) is 16.8 Å². The molecule has 0 saturated heterocycles. The van der Waals surface area contributed by atoms with Crippen molar-refractivity contribution in [3.63, 3.8) is 0 Å². The van der Waals surface area contributed by atoms with Crippen LogP contribution in [0.15, 0.2) is 54.7 Å². The highest BCUT2D eigenvalue weighted by Gasteiger charge is 2.12. The molecular weight excluding hydrogens is 316 g/mol. The topological polar surface area (TPSA) is 68.3 Å². The number of nitrogens with one attached hydrogen (secondary N) is 1. The molecule has 1 aromatic heterocycles. The summed E-state index contributed by atoms with van der Waals surface area (Å²) in [6.45, 7) is 3.47. The summed E-state index contributed by atoms with van der Waals surface area (Å²) in [5.41, 5.74) is 3.81. The standard InChI is InChI=1S/C20H18N2O3/c1-13-9-14(2)11-15(10-13)20(24)25-12-19(23)22-18-7-3-6-17-16(18)5-4-8-21-17/h3-11H,12H2,1-2H3,(H,22,23). The molecule has 25 heavy (non-hydrogen) atoms. The van der Waals surface area contributed by atoms with Gasteiger partial charge in [0.2, 0.25) is 0 Å². The third-order valence-electron chi connectivity index (χ3n) is 3.71. The van der Waals surface area contributed by atoms with Crippen LogP contribution in [-0.4, -0.2) is 23.5 Å². The van der Waals surface area contributed by atoms with Crippen molar-refractivity contribution in [2.75, 3.05) is 11.9 Å². The van der Waals surface area contributed by atoms with Gasteiger partial charge in [0.25, 0.3) is 5.91 Å². The van der Waals surface area contributed by atoms with Gasteiger partial charge < -0.3 is 10.1 Å². The number of aromatic nitrogens is 1. The number of rotatable bonds is 4. The number of amides is 1. The predicted octanol–water partition coefficient (Wildman–Crippen LogP) is 3.65. The summed E-state index contributed by atoms with van der Waals surface area (Å²) >= 11 is 0. The largest absolute Gasteiger partial charge is 0.452 e. The molecule has 3 aromatic rings. The summed E-state index contributed by atoms with van der Waals surface area (Å²) < 4.78 is 5.12. The molecule has 3 rings (SSSR count). The second-order valence-corrected chi connectivity index (χ2v) is 5.88. The molecule has 0 bridgehead atoms. The summed E-state index contributed by atoms with van der Waals surface area (Å²) in [7, 11) is 0. The molecule has 126 valence electrons. The van der Waals surface area contributed by atoms with Crippen LogP contribution in [0, 0.1) is 13.8 Å². The Bertz CT molecular complexity index is 925. The molecular formula is C20H18N2O3. The van der Waals surface area contributed by atoms with Gasteiger partial charge in [0.15, 0.2) is 6.61 Å². The van der Waals surface area contributed by atoms with Crippen LogP contribution in [0.5, 0.6) is 0 Å². The Labute approximate surface area is 145 Å². The Kier molecular flexibility index (Phi) is 4.75. The summed E-state index contributed by atoms with van der Waals surface area (Å²) in [5, 5.41) is 3.59. The smallest absolute Gasteiger partial charge is 0.338 e. The maximum absolute atomic E-state index is 12.1. The first kappa shape index (κ1) is 16.6. The third-order valence-corrected chi connectivity index (χ3v) is 3.71. The fraction of sp³-hybridized carbons (Fsp3) is 0.150. The zero-order chi connectivity index (χ0) is 17.8. The van der Waals surface area contributed by atoms with E-state index in [1.165, 1.54) is 0 Å². The Balaban J connectivity index is 1.65. The lowest BCUT2D eigenvalue weighted by molar-refractivity contribution is -0.119. The molecule has 1 heterocycles. The first-order chi connectivity index (χ1) is 12.0.